The largest absolute Gasteiger partial charge is 0.339 e. The van der Waals surface area contributed by atoms with Gasteiger partial charge in [-0.3, -0.25) is 4.79 Å². The van der Waals surface area contributed by atoms with Gasteiger partial charge in [0.2, 0.25) is 0 Å². The summed E-state index contributed by atoms with van der Waals surface area (Å²) in [5.74, 6) is 0.600. The van der Waals surface area contributed by atoms with Crippen LogP contribution in [0.15, 0.2) is 48.5 Å². The number of rotatable bonds is 4. The number of nitriles is 1. The minimum atomic E-state index is -0.314. The number of benzene rings is 2. The summed E-state index contributed by atoms with van der Waals surface area (Å²) in [6.45, 7) is 5.63. The average molecular weight is 357 g/mol. The molecule has 6 heteroatoms. The molecule has 2 N–H and O–H groups in total. The molecule has 0 bridgehead atoms. The maximum atomic E-state index is 12.7. The van der Waals surface area contributed by atoms with Crippen molar-refractivity contribution in [3.05, 3.63) is 76.7 Å². The van der Waals surface area contributed by atoms with Gasteiger partial charge in [-0.15, -0.1) is 0 Å². The summed E-state index contributed by atoms with van der Waals surface area (Å²) in [5, 5.41) is 15.2. The molecule has 0 atom stereocenters. The maximum absolute atomic E-state index is 12.7. The van der Waals surface area contributed by atoms with Gasteiger partial charge in [-0.1, -0.05) is 24.3 Å². The van der Waals surface area contributed by atoms with Crippen LogP contribution < -0.4 is 10.6 Å². The second kappa shape index (κ2) is 7.67. The van der Waals surface area contributed by atoms with Crippen LogP contribution >= 0.6 is 0 Å². The highest BCUT2D eigenvalue weighted by Crippen LogP contribution is 2.21. The molecule has 2 aromatic carbocycles. The van der Waals surface area contributed by atoms with E-state index in [0.717, 1.165) is 16.8 Å². The van der Waals surface area contributed by atoms with Crippen LogP contribution in [0.1, 0.15) is 33.0 Å². The summed E-state index contributed by atoms with van der Waals surface area (Å²) < 4.78 is 0. The van der Waals surface area contributed by atoms with Gasteiger partial charge in [-0.05, 0) is 50.1 Å². The van der Waals surface area contributed by atoms with E-state index in [0.29, 0.717) is 22.9 Å². The van der Waals surface area contributed by atoms with Crippen molar-refractivity contribution in [2.24, 2.45) is 0 Å². The zero-order valence-corrected chi connectivity index (χ0v) is 15.4. The van der Waals surface area contributed by atoms with Gasteiger partial charge in [0.25, 0.3) is 5.91 Å². The highest BCUT2D eigenvalue weighted by molar-refractivity contribution is 6.03. The molecule has 0 saturated heterocycles. The fraction of sp³-hybridized carbons (Fsp3) is 0.143. The van der Waals surface area contributed by atoms with Gasteiger partial charge in [-0.2, -0.15) is 5.26 Å². The van der Waals surface area contributed by atoms with Crippen molar-refractivity contribution in [2.75, 3.05) is 10.6 Å². The van der Waals surface area contributed by atoms with Crippen LogP contribution in [0, 0.1) is 32.1 Å². The molecule has 0 aliphatic heterocycles. The molecule has 27 heavy (non-hydrogen) atoms. The van der Waals surface area contributed by atoms with Crippen molar-refractivity contribution in [1.82, 2.24) is 9.97 Å². The molecule has 3 rings (SSSR count). The predicted molar refractivity (Wildman–Crippen MR) is 105 cm³/mol. The first-order valence-corrected chi connectivity index (χ1v) is 8.46. The Morgan fingerprint density at radius 2 is 1.78 bits per heavy atom. The lowest BCUT2D eigenvalue weighted by Gasteiger charge is -2.11. The molecule has 134 valence electrons. The Kier molecular flexibility index (Phi) is 5.13. The quantitative estimate of drug-likeness (QED) is 0.728. The van der Waals surface area contributed by atoms with Crippen molar-refractivity contribution >= 4 is 23.1 Å². The normalized spacial score (nSPS) is 10.1. The van der Waals surface area contributed by atoms with Gasteiger partial charge >= 0.3 is 0 Å². The summed E-state index contributed by atoms with van der Waals surface area (Å²) in [6, 6.07) is 16.7. The Morgan fingerprint density at radius 1 is 1.00 bits per heavy atom. The first-order valence-electron chi connectivity index (χ1n) is 8.46. The molecule has 0 aliphatic rings. The molecule has 3 aromatic rings. The number of aromatic nitrogens is 2. The second-order valence-electron chi connectivity index (χ2n) is 6.24. The number of hydrogen-bond acceptors (Lipinski definition) is 5. The number of anilines is 3. The minimum Gasteiger partial charge on any atom is -0.339 e. The first kappa shape index (κ1) is 18.1. The Labute approximate surface area is 157 Å². The van der Waals surface area contributed by atoms with Crippen molar-refractivity contribution < 1.29 is 4.79 Å². The molecule has 1 heterocycles. The van der Waals surface area contributed by atoms with Crippen molar-refractivity contribution in [2.45, 2.75) is 20.8 Å². The van der Waals surface area contributed by atoms with Crippen LogP contribution in [-0.2, 0) is 0 Å². The van der Waals surface area contributed by atoms with Crippen LogP contribution in [0.2, 0.25) is 0 Å². The van der Waals surface area contributed by atoms with Crippen LogP contribution in [0.3, 0.4) is 0 Å². The van der Waals surface area contributed by atoms with E-state index in [-0.39, 0.29) is 11.6 Å². The Bertz CT molecular complexity index is 1050. The van der Waals surface area contributed by atoms with Crippen LogP contribution in [0.25, 0.3) is 0 Å². The molecular weight excluding hydrogens is 338 g/mol. The van der Waals surface area contributed by atoms with E-state index < -0.39 is 0 Å². The molecule has 1 amide bonds. The highest BCUT2D eigenvalue weighted by atomic mass is 16.1. The van der Waals surface area contributed by atoms with Crippen molar-refractivity contribution in [3.63, 3.8) is 0 Å². The van der Waals surface area contributed by atoms with Gasteiger partial charge in [0.15, 0.2) is 0 Å². The van der Waals surface area contributed by atoms with Gasteiger partial charge in [0.1, 0.15) is 23.4 Å². The summed E-state index contributed by atoms with van der Waals surface area (Å²) in [4.78, 5) is 21.2. The Hall–Kier alpha value is -3.72. The molecule has 0 unspecified atom stereocenters. The van der Waals surface area contributed by atoms with Gasteiger partial charge in [-0.25, -0.2) is 9.97 Å². The van der Waals surface area contributed by atoms with Gasteiger partial charge in [0, 0.05) is 11.8 Å². The van der Waals surface area contributed by atoms with Gasteiger partial charge in [0.05, 0.1) is 11.3 Å². The smallest absolute Gasteiger partial charge is 0.274 e. The fourth-order valence-electron chi connectivity index (χ4n) is 2.63. The molecular formula is C21H19N5O. The Balaban J connectivity index is 1.88. The van der Waals surface area contributed by atoms with Crippen LogP contribution in [0.4, 0.5) is 17.2 Å². The third-order valence-corrected chi connectivity index (χ3v) is 4.02. The number of carbonyl (C=O) groups excluding carboxylic acids is 1. The topological polar surface area (TPSA) is 90.7 Å². The number of nitrogens with one attached hydrogen (secondary N) is 2. The van der Waals surface area contributed by atoms with E-state index in [9.17, 15) is 10.1 Å². The number of nitrogens with zero attached hydrogens (tertiary/aromatic N) is 3. The third kappa shape index (κ3) is 4.28. The monoisotopic (exact) mass is 357 g/mol. The molecule has 0 aliphatic carbocycles. The van der Waals surface area contributed by atoms with Crippen molar-refractivity contribution in [1.29, 1.82) is 5.26 Å². The van der Waals surface area contributed by atoms with E-state index in [1.165, 1.54) is 0 Å². The van der Waals surface area contributed by atoms with Crippen LogP contribution in [-0.4, -0.2) is 15.9 Å². The van der Waals surface area contributed by atoms with E-state index >= 15 is 0 Å². The zero-order valence-electron chi connectivity index (χ0n) is 15.4. The second-order valence-corrected chi connectivity index (χ2v) is 6.24. The van der Waals surface area contributed by atoms with E-state index in [1.807, 2.05) is 38.1 Å². The molecule has 0 saturated carbocycles. The number of amides is 1. The van der Waals surface area contributed by atoms with Gasteiger partial charge < -0.3 is 10.6 Å². The first-order chi connectivity index (χ1) is 13.0. The summed E-state index contributed by atoms with van der Waals surface area (Å²) in [5.41, 5.74) is 4.15. The summed E-state index contributed by atoms with van der Waals surface area (Å²) >= 11 is 0. The molecule has 0 radical (unpaired) electrons. The fourth-order valence-corrected chi connectivity index (χ4v) is 2.63. The van der Waals surface area contributed by atoms with E-state index in [1.54, 1.807) is 31.2 Å². The summed E-state index contributed by atoms with van der Waals surface area (Å²) in [7, 11) is 0. The molecule has 1 aromatic heterocycles. The summed E-state index contributed by atoms with van der Waals surface area (Å²) in [6.07, 6.45) is 0. The lowest BCUT2D eigenvalue weighted by Crippen LogP contribution is -2.16. The molecule has 6 nitrogen and oxygen atoms in total. The SMILES string of the molecule is Cc1ccc(C)c(NC(=O)c2cc(Nc3ccccc3C#N)nc(C)n2)c1. The number of para-hydroxylation sites is 1. The van der Waals surface area contributed by atoms with E-state index in [4.69, 9.17) is 0 Å². The number of aryl methyl sites for hydroxylation is 3. The third-order valence-electron chi connectivity index (χ3n) is 4.02. The molecule has 0 spiro atoms. The lowest BCUT2D eigenvalue weighted by atomic mass is 10.1. The number of hydrogen-bond donors (Lipinski definition) is 2. The minimum absolute atomic E-state index is 0.250. The lowest BCUT2D eigenvalue weighted by molar-refractivity contribution is 0.102. The van der Waals surface area contributed by atoms with E-state index in [2.05, 4.69) is 26.7 Å². The van der Waals surface area contributed by atoms with Crippen molar-refractivity contribution in [3.8, 4) is 6.07 Å². The van der Waals surface area contributed by atoms with Crippen LogP contribution in [0.5, 0.6) is 0 Å². The standard InChI is InChI=1S/C21H19N5O/c1-13-8-9-14(2)18(10-13)26-21(27)19-11-20(24-15(3)23-19)25-17-7-5-4-6-16(17)12-22/h4-11H,1-3H3,(H,26,27)(H,23,24,25). The highest BCUT2D eigenvalue weighted by Gasteiger charge is 2.13. The number of carbonyl (C=O) groups is 1. The predicted octanol–water partition coefficient (Wildman–Crippen LogP) is 4.27. The maximum Gasteiger partial charge on any atom is 0.274 e. The Morgan fingerprint density at radius 3 is 2.56 bits per heavy atom. The average Bonchev–Trinajstić information content (AvgIpc) is 2.64. The zero-order chi connectivity index (χ0) is 19.4. The molecule has 0 fully saturated rings.